The van der Waals surface area contributed by atoms with Gasteiger partial charge in [-0.05, 0) is 19.3 Å². The van der Waals surface area contributed by atoms with E-state index in [0.717, 1.165) is 57.8 Å². The number of rotatable bonds is 36. The number of esters is 3. The molecule has 0 aromatic rings. The molecular formula is C40H76O6. The monoisotopic (exact) mass is 653 g/mol. The molecular weight excluding hydrogens is 576 g/mol. The molecule has 0 radical (unpaired) electrons. The standard InChI is InChI=1S/C40H76O6/c1-4-7-10-13-16-17-18-19-20-21-22-25-27-30-33-39(42)45-36-37(46-40(43)34-31-28-24-15-12-9-6-3)35-44-38(41)32-29-26-23-14-11-8-5-2/h37H,4-36H2,1-3H3/t37-/m0/s1. The molecule has 1 atom stereocenters. The van der Waals surface area contributed by atoms with E-state index in [1.165, 1.54) is 122 Å². The molecule has 0 fully saturated rings. The van der Waals surface area contributed by atoms with Gasteiger partial charge in [-0.2, -0.15) is 0 Å². The largest absolute Gasteiger partial charge is 0.462 e. The summed E-state index contributed by atoms with van der Waals surface area (Å²) in [4.78, 5) is 37.2. The highest BCUT2D eigenvalue weighted by Gasteiger charge is 2.19. The second kappa shape index (κ2) is 36.2. The normalized spacial score (nSPS) is 11.8. The van der Waals surface area contributed by atoms with Crippen molar-refractivity contribution in [1.29, 1.82) is 0 Å². The fourth-order valence-corrected chi connectivity index (χ4v) is 5.79. The van der Waals surface area contributed by atoms with Crippen LogP contribution in [0.15, 0.2) is 0 Å². The molecule has 0 saturated heterocycles. The molecule has 0 bridgehead atoms. The van der Waals surface area contributed by atoms with Crippen LogP contribution >= 0.6 is 0 Å². The molecule has 0 aliphatic heterocycles. The van der Waals surface area contributed by atoms with Crippen molar-refractivity contribution in [2.24, 2.45) is 0 Å². The fraction of sp³-hybridized carbons (Fsp3) is 0.925. The number of unbranched alkanes of at least 4 members (excludes halogenated alkanes) is 25. The lowest BCUT2D eigenvalue weighted by molar-refractivity contribution is -0.167. The van der Waals surface area contributed by atoms with Gasteiger partial charge < -0.3 is 14.2 Å². The summed E-state index contributed by atoms with van der Waals surface area (Å²) in [6.07, 6.45) is 33.9. The lowest BCUT2D eigenvalue weighted by Gasteiger charge is -2.18. The van der Waals surface area contributed by atoms with Crippen LogP contribution in [0.3, 0.4) is 0 Å². The summed E-state index contributed by atoms with van der Waals surface area (Å²) in [6.45, 7) is 6.55. The maximum atomic E-state index is 12.5. The molecule has 0 aromatic carbocycles. The SMILES string of the molecule is CCCCCCCCCCCCCCCCC(=O)OC[C@H](COC(=O)CCCCCCCCC)OC(=O)CCCCCCCCC. The van der Waals surface area contributed by atoms with Crippen molar-refractivity contribution in [3.8, 4) is 0 Å². The van der Waals surface area contributed by atoms with Gasteiger partial charge in [-0.15, -0.1) is 0 Å². The summed E-state index contributed by atoms with van der Waals surface area (Å²) in [7, 11) is 0. The van der Waals surface area contributed by atoms with E-state index in [1.807, 2.05) is 0 Å². The van der Waals surface area contributed by atoms with Crippen LogP contribution in [0.25, 0.3) is 0 Å². The number of carbonyl (C=O) groups excluding carboxylic acids is 3. The Morgan fingerprint density at radius 1 is 0.348 bits per heavy atom. The van der Waals surface area contributed by atoms with Crippen molar-refractivity contribution in [1.82, 2.24) is 0 Å². The van der Waals surface area contributed by atoms with Crippen LogP contribution < -0.4 is 0 Å². The van der Waals surface area contributed by atoms with Gasteiger partial charge in [-0.1, -0.05) is 181 Å². The van der Waals surface area contributed by atoms with E-state index in [-0.39, 0.29) is 31.1 Å². The topological polar surface area (TPSA) is 78.9 Å². The number of ether oxygens (including phenoxy) is 3. The molecule has 0 aliphatic carbocycles. The first-order valence-electron chi connectivity index (χ1n) is 20.0. The Balaban J connectivity index is 4.22. The van der Waals surface area contributed by atoms with Crippen LogP contribution in [0, 0.1) is 0 Å². The minimum Gasteiger partial charge on any atom is -0.462 e. The second-order valence-corrected chi connectivity index (χ2v) is 13.6. The maximum Gasteiger partial charge on any atom is 0.306 e. The Hall–Kier alpha value is -1.59. The van der Waals surface area contributed by atoms with Crippen LogP contribution in [0.5, 0.6) is 0 Å². The smallest absolute Gasteiger partial charge is 0.306 e. The molecule has 0 aromatic heterocycles. The van der Waals surface area contributed by atoms with E-state index in [9.17, 15) is 14.4 Å². The molecule has 0 heterocycles. The van der Waals surface area contributed by atoms with Gasteiger partial charge in [0.25, 0.3) is 0 Å². The highest BCUT2D eigenvalue weighted by molar-refractivity contribution is 5.71. The van der Waals surface area contributed by atoms with E-state index in [4.69, 9.17) is 14.2 Å². The molecule has 0 rings (SSSR count). The van der Waals surface area contributed by atoms with Crippen molar-refractivity contribution in [3.63, 3.8) is 0 Å². The Morgan fingerprint density at radius 2 is 0.587 bits per heavy atom. The van der Waals surface area contributed by atoms with Gasteiger partial charge in [-0.3, -0.25) is 14.4 Å². The summed E-state index contributed by atoms with van der Waals surface area (Å²) < 4.78 is 16.5. The first-order chi connectivity index (χ1) is 22.5. The average Bonchev–Trinajstić information content (AvgIpc) is 3.05. The van der Waals surface area contributed by atoms with Gasteiger partial charge in [0.05, 0.1) is 0 Å². The van der Waals surface area contributed by atoms with Gasteiger partial charge in [-0.25, -0.2) is 0 Å². The van der Waals surface area contributed by atoms with Crippen molar-refractivity contribution in [2.75, 3.05) is 13.2 Å². The molecule has 272 valence electrons. The predicted octanol–water partition coefficient (Wildman–Crippen LogP) is 12.1. The van der Waals surface area contributed by atoms with Gasteiger partial charge in [0.2, 0.25) is 0 Å². The fourth-order valence-electron chi connectivity index (χ4n) is 5.79. The Kier molecular flexibility index (Phi) is 35.0. The molecule has 0 unspecified atom stereocenters. The summed E-state index contributed by atoms with van der Waals surface area (Å²) in [5.41, 5.74) is 0. The lowest BCUT2D eigenvalue weighted by Crippen LogP contribution is -2.30. The molecule has 6 heteroatoms. The summed E-state index contributed by atoms with van der Waals surface area (Å²) in [6, 6.07) is 0. The minimum absolute atomic E-state index is 0.0646. The van der Waals surface area contributed by atoms with E-state index < -0.39 is 6.10 Å². The maximum absolute atomic E-state index is 12.5. The summed E-state index contributed by atoms with van der Waals surface area (Å²) >= 11 is 0. The Morgan fingerprint density at radius 3 is 0.870 bits per heavy atom. The minimum atomic E-state index is -0.754. The zero-order valence-corrected chi connectivity index (χ0v) is 30.9. The summed E-state index contributed by atoms with van der Waals surface area (Å²) in [5.74, 6) is -0.874. The van der Waals surface area contributed by atoms with E-state index in [0.29, 0.717) is 19.3 Å². The number of hydrogen-bond acceptors (Lipinski definition) is 6. The third-order valence-corrected chi connectivity index (χ3v) is 8.86. The zero-order chi connectivity index (χ0) is 33.8. The highest BCUT2D eigenvalue weighted by atomic mass is 16.6. The zero-order valence-electron chi connectivity index (χ0n) is 30.9. The van der Waals surface area contributed by atoms with Crippen molar-refractivity contribution in [2.45, 2.75) is 226 Å². The van der Waals surface area contributed by atoms with Gasteiger partial charge >= 0.3 is 17.9 Å². The van der Waals surface area contributed by atoms with Gasteiger partial charge in [0.15, 0.2) is 6.10 Å². The number of hydrogen-bond donors (Lipinski definition) is 0. The molecule has 6 nitrogen and oxygen atoms in total. The van der Waals surface area contributed by atoms with Crippen LogP contribution in [-0.2, 0) is 28.6 Å². The molecule has 0 N–H and O–H groups in total. The first kappa shape index (κ1) is 44.4. The Labute approximate surface area is 285 Å². The Bertz CT molecular complexity index is 679. The molecule has 0 spiro atoms. The van der Waals surface area contributed by atoms with Gasteiger partial charge in [0.1, 0.15) is 13.2 Å². The highest BCUT2D eigenvalue weighted by Crippen LogP contribution is 2.15. The van der Waals surface area contributed by atoms with Crippen molar-refractivity contribution in [3.05, 3.63) is 0 Å². The van der Waals surface area contributed by atoms with E-state index in [1.54, 1.807) is 0 Å². The van der Waals surface area contributed by atoms with Crippen LogP contribution in [0.1, 0.15) is 220 Å². The lowest BCUT2D eigenvalue weighted by atomic mass is 10.0. The predicted molar refractivity (Wildman–Crippen MR) is 192 cm³/mol. The van der Waals surface area contributed by atoms with Crippen LogP contribution in [-0.4, -0.2) is 37.2 Å². The van der Waals surface area contributed by atoms with Gasteiger partial charge in [0, 0.05) is 19.3 Å². The third kappa shape index (κ3) is 33.8. The molecule has 0 amide bonds. The molecule has 0 saturated carbocycles. The van der Waals surface area contributed by atoms with Crippen molar-refractivity contribution < 1.29 is 28.6 Å². The van der Waals surface area contributed by atoms with Crippen LogP contribution in [0.2, 0.25) is 0 Å². The number of carbonyl (C=O) groups is 3. The summed E-state index contributed by atoms with van der Waals surface area (Å²) in [5, 5.41) is 0. The second-order valence-electron chi connectivity index (χ2n) is 13.6. The quantitative estimate of drug-likeness (QED) is 0.0381. The molecule has 0 aliphatic rings. The first-order valence-corrected chi connectivity index (χ1v) is 20.0. The van der Waals surface area contributed by atoms with E-state index in [2.05, 4.69) is 20.8 Å². The van der Waals surface area contributed by atoms with Crippen LogP contribution in [0.4, 0.5) is 0 Å². The third-order valence-electron chi connectivity index (χ3n) is 8.86. The molecule has 46 heavy (non-hydrogen) atoms. The van der Waals surface area contributed by atoms with Crippen molar-refractivity contribution >= 4 is 17.9 Å². The average molecular weight is 653 g/mol. The van der Waals surface area contributed by atoms with E-state index >= 15 is 0 Å².